The number of rotatable bonds is 7. The van der Waals surface area contributed by atoms with Crippen molar-refractivity contribution in [3.63, 3.8) is 0 Å². The van der Waals surface area contributed by atoms with E-state index in [1.165, 1.54) is 16.8 Å². The average Bonchev–Trinajstić information content (AvgIpc) is 2.84. The van der Waals surface area contributed by atoms with Gasteiger partial charge in [-0.15, -0.1) is 0 Å². The molecule has 3 nitrogen and oxygen atoms in total. The minimum atomic E-state index is 0.514. The summed E-state index contributed by atoms with van der Waals surface area (Å²) in [4.78, 5) is 0. The Hall–Kier alpha value is -1.61. The van der Waals surface area contributed by atoms with E-state index in [2.05, 4.69) is 60.8 Å². The summed E-state index contributed by atoms with van der Waals surface area (Å²) in [5.74, 6) is 0. The molecule has 1 heterocycles. The number of nitrogens with one attached hydrogen (secondary N) is 1. The fourth-order valence-corrected chi connectivity index (χ4v) is 2.44. The zero-order valence-electron chi connectivity index (χ0n) is 12.8. The van der Waals surface area contributed by atoms with Crippen molar-refractivity contribution in [1.82, 2.24) is 15.1 Å². The van der Waals surface area contributed by atoms with Crippen LogP contribution >= 0.6 is 0 Å². The van der Waals surface area contributed by atoms with Crippen LogP contribution in [0.2, 0.25) is 0 Å². The molecule has 0 aliphatic carbocycles. The lowest BCUT2D eigenvalue weighted by Gasteiger charge is -2.13. The van der Waals surface area contributed by atoms with Gasteiger partial charge in [-0.2, -0.15) is 5.10 Å². The van der Waals surface area contributed by atoms with Gasteiger partial charge in [0.2, 0.25) is 0 Å². The van der Waals surface area contributed by atoms with E-state index in [0.29, 0.717) is 6.04 Å². The lowest BCUT2D eigenvalue weighted by atomic mass is 10.1. The Morgan fingerprint density at radius 2 is 2.00 bits per heavy atom. The molecule has 20 heavy (non-hydrogen) atoms. The lowest BCUT2D eigenvalue weighted by molar-refractivity contribution is 0.513. The Morgan fingerprint density at radius 1 is 1.25 bits per heavy atom. The van der Waals surface area contributed by atoms with Gasteiger partial charge in [-0.25, -0.2) is 0 Å². The third-order valence-corrected chi connectivity index (χ3v) is 3.68. The molecule has 0 aliphatic heterocycles. The van der Waals surface area contributed by atoms with Gasteiger partial charge in [-0.3, -0.25) is 4.68 Å². The van der Waals surface area contributed by atoms with E-state index in [0.717, 1.165) is 25.8 Å². The molecule has 0 amide bonds. The Balaban J connectivity index is 1.78. The van der Waals surface area contributed by atoms with E-state index >= 15 is 0 Å². The first kappa shape index (κ1) is 14.8. The van der Waals surface area contributed by atoms with Crippen LogP contribution in [0.25, 0.3) is 0 Å². The summed E-state index contributed by atoms with van der Waals surface area (Å²) in [5.41, 5.74) is 3.94. The smallest absolute Gasteiger partial charge is 0.0666 e. The van der Waals surface area contributed by atoms with Gasteiger partial charge in [0, 0.05) is 31.4 Å². The highest BCUT2D eigenvalue weighted by Gasteiger charge is 2.07. The number of aryl methyl sites for hydroxylation is 3. The van der Waals surface area contributed by atoms with Crippen molar-refractivity contribution < 1.29 is 0 Å². The predicted molar refractivity (Wildman–Crippen MR) is 83.7 cm³/mol. The van der Waals surface area contributed by atoms with Gasteiger partial charge in [0.05, 0.1) is 5.69 Å². The van der Waals surface area contributed by atoms with Crippen LogP contribution in [-0.4, -0.2) is 15.8 Å². The van der Waals surface area contributed by atoms with Crippen molar-refractivity contribution in [3.05, 3.63) is 53.3 Å². The first-order valence-electron chi connectivity index (χ1n) is 7.47. The lowest BCUT2D eigenvalue weighted by Crippen LogP contribution is -2.26. The molecule has 0 fully saturated rings. The molecule has 1 unspecified atom stereocenters. The standard InChI is InChI=1S/C17H25N3/c1-4-17-16(13-20(3)19-17)12-18-14(2)10-11-15-8-6-5-7-9-15/h5-9,13-14,18H,4,10-12H2,1-3H3. The zero-order chi connectivity index (χ0) is 14.4. The number of aromatic nitrogens is 2. The largest absolute Gasteiger partial charge is 0.310 e. The fourth-order valence-electron chi connectivity index (χ4n) is 2.44. The minimum absolute atomic E-state index is 0.514. The highest BCUT2D eigenvalue weighted by Crippen LogP contribution is 2.09. The zero-order valence-corrected chi connectivity index (χ0v) is 12.8. The van der Waals surface area contributed by atoms with Crippen LogP contribution in [0.5, 0.6) is 0 Å². The minimum Gasteiger partial charge on any atom is -0.310 e. The molecule has 0 aliphatic rings. The number of hydrogen-bond donors (Lipinski definition) is 1. The van der Waals surface area contributed by atoms with Crippen molar-refractivity contribution >= 4 is 0 Å². The second kappa shape index (κ2) is 7.25. The normalized spacial score (nSPS) is 12.6. The van der Waals surface area contributed by atoms with Crippen LogP contribution in [0.15, 0.2) is 36.5 Å². The number of hydrogen-bond acceptors (Lipinski definition) is 2. The molecule has 2 rings (SSSR count). The van der Waals surface area contributed by atoms with E-state index < -0.39 is 0 Å². The van der Waals surface area contributed by atoms with Crippen molar-refractivity contribution in [2.24, 2.45) is 7.05 Å². The van der Waals surface area contributed by atoms with Crippen LogP contribution in [-0.2, 0) is 26.4 Å². The molecule has 1 N–H and O–H groups in total. The summed E-state index contributed by atoms with van der Waals surface area (Å²) in [6.07, 6.45) is 5.40. The molecular weight excluding hydrogens is 246 g/mol. The third kappa shape index (κ3) is 4.20. The molecule has 1 aromatic carbocycles. The molecule has 0 bridgehead atoms. The van der Waals surface area contributed by atoms with Gasteiger partial charge in [0.1, 0.15) is 0 Å². The average molecular weight is 271 g/mol. The summed E-state index contributed by atoms with van der Waals surface area (Å²) >= 11 is 0. The van der Waals surface area contributed by atoms with Crippen molar-refractivity contribution in [2.75, 3.05) is 0 Å². The molecule has 3 heteroatoms. The van der Waals surface area contributed by atoms with E-state index in [1.807, 2.05) is 11.7 Å². The highest BCUT2D eigenvalue weighted by atomic mass is 15.3. The Morgan fingerprint density at radius 3 is 2.70 bits per heavy atom. The maximum absolute atomic E-state index is 4.48. The summed E-state index contributed by atoms with van der Waals surface area (Å²) in [6.45, 7) is 5.32. The third-order valence-electron chi connectivity index (χ3n) is 3.68. The van der Waals surface area contributed by atoms with E-state index in [4.69, 9.17) is 0 Å². The predicted octanol–water partition coefficient (Wildman–Crippen LogP) is 3.09. The number of nitrogens with zero attached hydrogens (tertiary/aromatic N) is 2. The van der Waals surface area contributed by atoms with Gasteiger partial charge >= 0.3 is 0 Å². The maximum Gasteiger partial charge on any atom is 0.0666 e. The maximum atomic E-state index is 4.48. The van der Waals surface area contributed by atoms with Gasteiger partial charge in [-0.05, 0) is 31.7 Å². The SMILES string of the molecule is CCc1nn(C)cc1CNC(C)CCc1ccccc1. The molecular formula is C17H25N3. The van der Waals surface area contributed by atoms with Crippen LogP contribution in [0.1, 0.15) is 37.1 Å². The Bertz CT molecular complexity index is 516. The van der Waals surface area contributed by atoms with E-state index in [1.54, 1.807) is 0 Å². The molecule has 0 radical (unpaired) electrons. The molecule has 1 atom stereocenters. The van der Waals surface area contributed by atoms with Crippen LogP contribution < -0.4 is 5.32 Å². The van der Waals surface area contributed by atoms with Crippen LogP contribution in [0.3, 0.4) is 0 Å². The first-order valence-corrected chi connectivity index (χ1v) is 7.47. The summed E-state index contributed by atoms with van der Waals surface area (Å²) in [7, 11) is 1.99. The monoisotopic (exact) mass is 271 g/mol. The highest BCUT2D eigenvalue weighted by molar-refractivity contribution is 5.17. The van der Waals surface area contributed by atoms with Gasteiger partial charge in [0.25, 0.3) is 0 Å². The van der Waals surface area contributed by atoms with Gasteiger partial charge < -0.3 is 5.32 Å². The second-order valence-corrected chi connectivity index (χ2v) is 5.43. The number of benzene rings is 1. The second-order valence-electron chi connectivity index (χ2n) is 5.43. The molecule has 0 spiro atoms. The summed E-state index contributed by atoms with van der Waals surface area (Å²) in [6, 6.07) is 11.2. The quantitative estimate of drug-likeness (QED) is 0.838. The Kier molecular flexibility index (Phi) is 5.36. The van der Waals surface area contributed by atoms with Gasteiger partial charge in [0.15, 0.2) is 0 Å². The van der Waals surface area contributed by atoms with Crippen LogP contribution in [0.4, 0.5) is 0 Å². The van der Waals surface area contributed by atoms with E-state index in [-0.39, 0.29) is 0 Å². The molecule has 0 saturated carbocycles. The van der Waals surface area contributed by atoms with E-state index in [9.17, 15) is 0 Å². The van der Waals surface area contributed by atoms with Crippen molar-refractivity contribution in [1.29, 1.82) is 0 Å². The fraction of sp³-hybridized carbons (Fsp3) is 0.471. The molecule has 2 aromatic rings. The summed E-state index contributed by atoms with van der Waals surface area (Å²) < 4.78 is 1.91. The van der Waals surface area contributed by atoms with Gasteiger partial charge in [-0.1, -0.05) is 37.3 Å². The van der Waals surface area contributed by atoms with Crippen LogP contribution in [0, 0.1) is 0 Å². The topological polar surface area (TPSA) is 29.9 Å². The van der Waals surface area contributed by atoms with Crippen molar-refractivity contribution in [2.45, 2.75) is 45.7 Å². The molecule has 108 valence electrons. The van der Waals surface area contributed by atoms with Crippen molar-refractivity contribution in [3.8, 4) is 0 Å². The molecule has 0 saturated heterocycles. The Labute approximate surface area is 122 Å². The first-order chi connectivity index (χ1) is 9.69. The summed E-state index contributed by atoms with van der Waals surface area (Å²) in [5, 5.41) is 8.08. The molecule has 1 aromatic heterocycles.